The maximum atomic E-state index is 10.1. The van der Waals surface area contributed by atoms with Gasteiger partial charge in [0.05, 0.1) is 0 Å². The zero-order chi connectivity index (χ0) is 5.82. The average molecular weight is 110 g/mol. The fourth-order valence-corrected chi connectivity index (χ4v) is 0.941. The summed E-state index contributed by atoms with van der Waals surface area (Å²) in [4.78, 5) is 10.1. The van der Waals surface area contributed by atoms with E-state index in [2.05, 4.69) is 12.2 Å². The van der Waals surface area contributed by atoms with E-state index in [9.17, 15) is 4.79 Å². The summed E-state index contributed by atoms with van der Waals surface area (Å²) in [6.45, 7) is 0. The SMILES string of the molecule is O=C[C@@H]1CC=CCC1. The molecule has 1 rings (SSSR count). The highest BCUT2D eigenvalue weighted by atomic mass is 16.1. The van der Waals surface area contributed by atoms with Gasteiger partial charge in [0.15, 0.2) is 0 Å². The third-order valence-corrected chi connectivity index (χ3v) is 1.50. The fraction of sp³-hybridized carbons (Fsp3) is 0.571. The molecule has 0 amide bonds. The van der Waals surface area contributed by atoms with Crippen LogP contribution in [0.15, 0.2) is 12.2 Å². The van der Waals surface area contributed by atoms with Crippen LogP contribution in [0.2, 0.25) is 0 Å². The summed E-state index contributed by atoms with van der Waals surface area (Å²) < 4.78 is 0. The highest BCUT2D eigenvalue weighted by Crippen LogP contribution is 2.14. The monoisotopic (exact) mass is 110 g/mol. The molecule has 0 fully saturated rings. The number of hydrogen-bond donors (Lipinski definition) is 0. The second-order valence-corrected chi connectivity index (χ2v) is 2.18. The summed E-state index contributed by atoms with van der Waals surface area (Å²) in [7, 11) is 0. The van der Waals surface area contributed by atoms with Crippen LogP contribution in [-0.2, 0) is 4.79 Å². The maximum absolute atomic E-state index is 10.1. The van der Waals surface area contributed by atoms with Crippen molar-refractivity contribution in [3.63, 3.8) is 0 Å². The van der Waals surface area contributed by atoms with Crippen LogP contribution in [0.3, 0.4) is 0 Å². The smallest absolute Gasteiger partial charge is 0.123 e. The Balaban J connectivity index is 2.37. The lowest BCUT2D eigenvalue weighted by Crippen LogP contribution is -2.02. The zero-order valence-electron chi connectivity index (χ0n) is 4.84. The Morgan fingerprint density at radius 3 is 2.75 bits per heavy atom. The van der Waals surface area contributed by atoms with Crippen molar-refractivity contribution in [2.45, 2.75) is 19.3 Å². The first kappa shape index (κ1) is 5.54. The number of allylic oxidation sites excluding steroid dienone is 2. The molecule has 0 heterocycles. The lowest BCUT2D eigenvalue weighted by Gasteiger charge is -2.08. The Bertz CT molecular complexity index is 105. The molecule has 0 saturated heterocycles. The van der Waals surface area contributed by atoms with Crippen molar-refractivity contribution in [2.75, 3.05) is 0 Å². The molecule has 0 aromatic carbocycles. The number of carbonyl (C=O) groups excluding carboxylic acids is 1. The van der Waals surface area contributed by atoms with Crippen LogP contribution in [0.4, 0.5) is 0 Å². The van der Waals surface area contributed by atoms with Crippen LogP contribution >= 0.6 is 0 Å². The molecule has 8 heavy (non-hydrogen) atoms. The van der Waals surface area contributed by atoms with E-state index in [4.69, 9.17) is 0 Å². The van der Waals surface area contributed by atoms with Gasteiger partial charge in [-0.1, -0.05) is 12.2 Å². The van der Waals surface area contributed by atoms with Crippen LogP contribution in [0.1, 0.15) is 19.3 Å². The molecule has 0 saturated carbocycles. The van der Waals surface area contributed by atoms with E-state index in [0.717, 1.165) is 25.5 Å². The largest absolute Gasteiger partial charge is 0.303 e. The molecule has 1 aliphatic carbocycles. The fourth-order valence-electron chi connectivity index (χ4n) is 0.941. The molecule has 0 aromatic heterocycles. The normalized spacial score (nSPS) is 27.8. The summed E-state index contributed by atoms with van der Waals surface area (Å²) in [6, 6.07) is 0. The van der Waals surface area contributed by atoms with Crippen molar-refractivity contribution in [1.29, 1.82) is 0 Å². The van der Waals surface area contributed by atoms with Crippen molar-refractivity contribution < 1.29 is 4.79 Å². The third-order valence-electron chi connectivity index (χ3n) is 1.50. The van der Waals surface area contributed by atoms with E-state index >= 15 is 0 Å². The van der Waals surface area contributed by atoms with Crippen LogP contribution in [-0.4, -0.2) is 6.29 Å². The van der Waals surface area contributed by atoms with Crippen LogP contribution < -0.4 is 0 Å². The topological polar surface area (TPSA) is 17.1 Å². The predicted molar refractivity (Wildman–Crippen MR) is 32.5 cm³/mol. The van der Waals surface area contributed by atoms with Gasteiger partial charge in [0.25, 0.3) is 0 Å². The third kappa shape index (κ3) is 1.19. The molecule has 1 heteroatoms. The molecule has 0 unspecified atom stereocenters. The molecule has 0 N–H and O–H groups in total. The van der Waals surface area contributed by atoms with E-state index in [1.807, 2.05) is 0 Å². The van der Waals surface area contributed by atoms with Crippen LogP contribution in [0.5, 0.6) is 0 Å². The van der Waals surface area contributed by atoms with Gasteiger partial charge in [-0.2, -0.15) is 0 Å². The Hall–Kier alpha value is -0.590. The molecule has 0 aromatic rings. The first-order chi connectivity index (χ1) is 3.93. The molecular formula is C7H10O. The molecular weight excluding hydrogens is 100 g/mol. The Morgan fingerprint density at radius 2 is 2.38 bits per heavy atom. The van der Waals surface area contributed by atoms with Gasteiger partial charge >= 0.3 is 0 Å². The van der Waals surface area contributed by atoms with Crippen molar-refractivity contribution in [2.24, 2.45) is 5.92 Å². The van der Waals surface area contributed by atoms with Gasteiger partial charge in [-0.3, -0.25) is 0 Å². The summed E-state index contributed by atoms with van der Waals surface area (Å²) in [5.74, 6) is 0.319. The Kier molecular flexibility index (Phi) is 1.84. The summed E-state index contributed by atoms with van der Waals surface area (Å²) >= 11 is 0. The summed E-state index contributed by atoms with van der Waals surface area (Å²) in [6.07, 6.45) is 8.39. The van der Waals surface area contributed by atoms with Crippen molar-refractivity contribution in [3.8, 4) is 0 Å². The van der Waals surface area contributed by atoms with E-state index in [1.54, 1.807) is 0 Å². The van der Waals surface area contributed by atoms with Gasteiger partial charge in [0.2, 0.25) is 0 Å². The van der Waals surface area contributed by atoms with Gasteiger partial charge in [-0.25, -0.2) is 0 Å². The van der Waals surface area contributed by atoms with Crippen LogP contribution in [0.25, 0.3) is 0 Å². The predicted octanol–water partition coefficient (Wildman–Crippen LogP) is 1.54. The number of hydrogen-bond acceptors (Lipinski definition) is 1. The Morgan fingerprint density at radius 1 is 1.50 bits per heavy atom. The lowest BCUT2D eigenvalue weighted by molar-refractivity contribution is -0.111. The molecule has 44 valence electrons. The van der Waals surface area contributed by atoms with E-state index < -0.39 is 0 Å². The highest BCUT2D eigenvalue weighted by molar-refractivity contribution is 5.54. The molecule has 1 nitrogen and oxygen atoms in total. The summed E-state index contributed by atoms with van der Waals surface area (Å²) in [5.41, 5.74) is 0. The van der Waals surface area contributed by atoms with Crippen molar-refractivity contribution in [3.05, 3.63) is 12.2 Å². The van der Waals surface area contributed by atoms with Gasteiger partial charge in [-0.15, -0.1) is 0 Å². The number of carbonyl (C=O) groups is 1. The number of rotatable bonds is 1. The van der Waals surface area contributed by atoms with Crippen LogP contribution in [0, 0.1) is 5.92 Å². The minimum atomic E-state index is 0.319. The minimum Gasteiger partial charge on any atom is -0.303 e. The number of aldehydes is 1. The van der Waals surface area contributed by atoms with Gasteiger partial charge in [0.1, 0.15) is 6.29 Å². The average Bonchev–Trinajstić information content (AvgIpc) is 1.90. The van der Waals surface area contributed by atoms with E-state index in [-0.39, 0.29) is 0 Å². The molecule has 0 spiro atoms. The van der Waals surface area contributed by atoms with E-state index in [1.165, 1.54) is 0 Å². The first-order valence-corrected chi connectivity index (χ1v) is 3.04. The van der Waals surface area contributed by atoms with Crippen molar-refractivity contribution in [1.82, 2.24) is 0 Å². The Labute approximate surface area is 49.4 Å². The highest BCUT2D eigenvalue weighted by Gasteiger charge is 2.05. The molecule has 0 bridgehead atoms. The zero-order valence-corrected chi connectivity index (χ0v) is 4.84. The molecule has 1 aliphatic rings. The molecule has 1 atom stereocenters. The lowest BCUT2D eigenvalue weighted by atomic mass is 9.96. The van der Waals surface area contributed by atoms with Gasteiger partial charge in [0, 0.05) is 5.92 Å². The minimum absolute atomic E-state index is 0.319. The van der Waals surface area contributed by atoms with Crippen molar-refractivity contribution >= 4 is 6.29 Å². The molecule has 0 aliphatic heterocycles. The maximum Gasteiger partial charge on any atom is 0.123 e. The summed E-state index contributed by atoms with van der Waals surface area (Å²) in [5, 5.41) is 0. The standard InChI is InChI=1S/C7H10O/c8-6-7-4-2-1-3-5-7/h1-2,6-7H,3-5H2/t7-/m1/s1. The first-order valence-electron chi connectivity index (χ1n) is 3.04. The quantitative estimate of drug-likeness (QED) is 0.369. The van der Waals surface area contributed by atoms with Gasteiger partial charge < -0.3 is 4.79 Å². The van der Waals surface area contributed by atoms with E-state index in [0.29, 0.717) is 5.92 Å². The second-order valence-electron chi connectivity index (χ2n) is 2.18. The van der Waals surface area contributed by atoms with Gasteiger partial charge in [-0.05, 0) is 19.3 Å². The second kappa shape index (κ2) is 2.65. The molecule has 0 radical (unpaired) electrons.